The molecule has 1 rings (SSSR count). The van der Waals surface area contributed by atoms with E-state index in [9.17, 15) is 0 Å². The zero-order chi connectivity index (χ0) is 7.40. The van der Waals surface area contributed by atoms with Crippen LogP contribution in [0.5, 0.6) is 0 Å². The van der Waals surface area contributed by atoms with Gasteiger partial charge in [-0.05, 0) is 17.7 Å². The fourth-order valence-corrected chi connectivity index (χ4v) is 0.917. The SMILES string of the molecule is NNc1ccc(CS)cc1. The molecule has 1 aromatic carbocycles. The van der Waals surface area contributed by atoms with Gasteiger partial charge in [0.05, 0.1) is 0 Å². The van der Waals surface area contributed by atoms with E-state index in [1.165, 1.54) is 5.56 Å². The number of nitrogens with one attached hydrogen (secondary N) is 1. The van der Waals surface area contributed by atoms with Gasteiger partial charge in [-0.15, -0.1) is 0 Å². The summed E-state index contributed by atoms with van der Waals surface area (Å²) in [5.74, 6) is 5.94. The summed E-state index contributed by atoms with van der Waals surface area (Å²) >= 11 is 4.12. The summed E-state index contributed by atoms with van der Waals surface area (Å²) in [5.41, 5.74) is 4.67. The standard InChI is InChI=1S/C7H10N2S/c8-9-7-3-1-6(5-10)2-4-7/h1-4,9-10H,5,8H2. The highest BCUT2D eigenvalue weighted by Crippen LogP contribution is 2.08. The predicted octanol–water partition coefficient (Wildman–Crippen LogP) is 1.40. The minimum Gasteiger partial charge on any atom is -0.324 e. The molecule has 0 bridgehead atoms. The Labute approximate surface area is 65.8 Å². The van der Waals surface area contributed by atoms with Crippen LogP contribution in [0, 0.1) is 0 Å². The predicted molar refractivity (Wildman–Crippen MR) is 46.9 cm³/mol. The first kappa shape index (κ1) is 7.44. The number of hydrazine groups is 1. The van der Waals surface area contributed by atoms with Crippen LogP contribution in [0.2, 0.25) is 0 Å². The van der Waals surface area contributed by atoms with Crippen LogP contribution in [0.15, 0.2) is 24.3 Å². The molecule has 0 aromatic heterocycles. The lowest BCUT2D eigenvalue weighted by Crippen LogP contribution is -2.06. The highest BCUT2D eigenvalue weighted by Gasteiger charge is 1.88. The van der Waals surface area contributed by atoms with E-state index in [1.807, 2.05) is 24.3 Å². The third-order valence-corrected chi connectivity index (χ3v) is 1.67. The van der Waals surface area contributed by atoms with E-state index >= 15 is 0 Å². The molecule has 54 valence electrons. The monoisotopic (exact) mass is 154 g/mol. The largest absolute Gasteiger partial charge is 0.324 e. The second-order valence-electron chi connectivity index (χ2n) is 2.00. The Morgan fingerprint density at radius 2 is 1.90 bits per heavy atom. The Kier molecular flexibility index (Phi) is 2.59. The van der Waals surface area contributed by atoms with Crippen molar-refractivity contribution in [1.29, 1.82) is 0 Å². The summed E-state index contributed by atoms with van der Waals surface area (Å²) in [6.45, 7) is 0. The maximum Gasteiger partial charge on any atom is 0.0485 e. The summed E-state index contributed by atoms with van der Waals surface area (Å²) in [4.78, 5) is 0. The van der Waals surface area contributed by atoms with Crippen LogP contribution in [-0.4, -0.2) is 0 Å². The number of benzene rings is 1. The maximum absolute atomic E-state index is 5.17. The van der Waals surface area contributed by atoms with E-state index in [0.29, 0.717) is 0 Å². The van der Waals surface area contributed by atoms with Crippen molar-refractivity contribution in [3.05, 3.63) is 29.8 Å². The molecule has 0 heterocycles. The lowest BCUT2D eigenvalue weighted by Gasteiger charge is -1.99. The number of thiol groups is 1. The molecule has 10 heavy (non-hydrogen) atoms. The summed E-state index contributed by atoms with van der Waals surface area (Å²) in [7, 11) is 0. The van der Waals surface area contributed by atoms with Crippen LogP contribution in [0.3, 0.4) is 0 Å². The Bertz CT molecular complexity index is 172. The van der Waals surface area contributed by atoms with Crippen molar-refractivity contribution in [2.24, 2.45) is 5.84 Å². The number of nitrogen functional groups attached to an aromatic ring is 1. The Morgan fingerprint density at radius 3 is 2.30 bits per heavy atom. The van der Waals surface area contributed by atoms with Crippen molar-refractivity contribution in [2.75, 3.05) is 5.43 Å². The first-order valence-electron chi connectivity index (χ1n) is 3.03. The molecule has 0 radical (unpaired) electrons. The Balaban J connectivity index is 2.80. The fraction of sp³-hybridized carbons (Fsp3) is 0.143. The average molecular weight is 154 g/mol. The third kappa shape index (κ3) is 1.65. The van der Waals surface area contributed by atoms with Gasteiger partial charge < -0.3 is 5.43 Å². The molecular weight excluding hydrogens is 144 g/mol. The second kappa shape index (κ2) is 3.49. The van der Waals surface area contributed by atoms with Gasteiger partial charge in [0.1, 0.15) is 0 Å². The minimum atomic E-state index is 0.769. The highest BCUT2D eigenvalue weighted by atomic mass is 32.1. The van der Waals surface area contributed by atoms with Crippen LogP contribution in [0.4, 0.5) is 5.69 Å². The lowest BCUT2D eigenvalue weighted by molar-refractivity contribution is 1.33. The van der Waals surface area contributed by atoms with Crippen molar-refractivity contribution in [3.8, 4) is 0 Å². The van der Waals surface area contributed by atoms with Crippen LogP contribution >= 0.6 is 12.6 Å². The molecule has 0 spiro atoms. The van der Waals surface area contributed by atoms with Gasteiger partial charge in [0.15, 0.2) is 0 Å². The zero-order valence-electron chi connectivity index (χ0n) is 5.54. The van der Waals surface area contributed by atoms with Crippen LogP contribution in [0.25, 0.3) is 0 Å². The van der Waals surface area contributed by atoms with Gasteiger partial charge >= 0.3 is 0 Å². The number of rotatable bonds is 2. The van der Waals surface area contributed by atoms with Gasteiger partial charge in [0.2, 0.25) is 0 Å². The minimum absolute atomic E-state index is 0.769. The van der Waals surface area contributed by atoms with E-state index in [-0.39, 0.29) is 0 Å². The number of hydrogen-bond acceptors (Lipinski definition) is 3. The van der Waals surface area contributed by atoms with Crippen molar-refractivity contribution in [3.63, 3.8) is 0 Å². The Hall–Kier alpha value is -0.670. The first-order chi connectivity index (χ1) is 4.86. The molecule has 0 fully saturated rings. The molecule has 0 amide bonds. The lowest BCUT2D eigenvalue weighted by atomic mass is 10.2. The van der Waals surface area contributed by atoms with Gasteiger partial charge in [0.25, 0.3) is 0 Å². The molecule has 3 heteroatoms. The van der Waals surface area contributed by atoms with Crippen LogP contribution in [0.1, 0.15) is 5.56 Å². The van der Waals surface area contributed by atoms with Gasteiger partial charge in [-0.2, -0.15) is 12.6 Å². The molecule has 0 saturated carbocycles. The van der Waals surface area contributed by atoms with Crippen LogP contribution in [-0.2, 0) is 5.75 Å². The van der Waals surface area contributed by atoms with Crippen LogP contribution < -0.4 is 11.3 Å². The molecular formula is C7H10N2S. The fourth-order valence-electron chi connectivity index (χ4n) is 0.706. The molecule has 3 N–H and O–H groups in total. The molecule has 0 aliphatic rings. The van der Waals surface area contributed by atoms with E-state index in [4.69, 9.17) is 5.84 Å². The number of nitrogens with two attached hydrogens (primary N) is 1. The van der Waals surface area contributed by atoms with Gasteiger partial charge in [-0.3, -0.25) is 5.84 Å². The van der Waals surface area contributed by atoms with Gasteiger partial charge in [-0.1, -0.05) is 12.1 Å². The van der Waals surface area contributed by atoms with E-state index in [0.717, 1.165) is 11.4 Å². The van der Waals surface area contributed by atoms with E-state index in [1.54, 1.807) is 0 Å². The Morgan fingerprint density at radius 1 is 1.30 bits per heavy atom. The molecule has 0 saturated heterocycles. The highest BCUT2D eigenvalue weighted by molar-refractivity contribution is 7.79. The van der Waals surface area contributed by atoms with E-state index < -0.39 is 0 Å². The van der Waals surface area contributed by atoms with Crippen molar-refractivity contribution < 1.29 is 0 Å². The van der Waals surface area contributed by atoms with Gasteiger partial charge in [-0.25, -0.2) is 0 Å². The van der Waals surface area contributed by atoms with Gasteiger partial charge in [0, 0.05) is 11.4 Å². The quantitative estimate of drug-likeness (QED) is 0.342. The normalized spacial score (nSPS) is 9.40. The second-order valence-corrected chi connectivity index (χ2v) is 2.32. The maximum atomic E-state index is 5.17. The molecule has 2 nitrogen and oxygen atoms in total. The number of anilines is 1. The third-order valence-electron chi connectivity index (χ3n) is 1.30. The summed E-state index contributed by atoms with van der Waals surface area (Å²) in [6.07, 6.45) is 0. The summed E-state index contributed by atoms with van der Waals surface area (Å²) in [5, 5.41) is 0. The average Bonchev–Trinajstić information content (AvgIpc) is 2.05. The van der Waals surface area contributed by atoms with Crippen molar-refractivity contribution in [1.82, 2.24) is 0 Å². The number of hydrogen-bond donors (Lipinski definition) is 3. The topological polar surface area (TPSA) is 38.0 Å². The van der Waals surface area contributed by atoms with Crippen molar-refractivity contribution >= 4 is 18.3 Å². The molecule has 1 aromatic rings. The summed E-state index contributed by atoms with van der Waals surface area (Å²) in [6, 6.07) is 7.82. The van der Waals surface area contributed by atoms with E-state index in [2.05, 4.69) is 18.1 Å². The molecule has 0 unspecified atom stereocenters. The summed E-state index contributed by atoms with van der Waals surface area (Å²) < 4.78 is 0. The first-order valence-corrected chi connectivity index (χ1v) is 3.66. The molecule has 0 aliphatic heterocycles. The molecule has 0 aliphatic carbocycles. The zero-order valence-corrected chi connectivity index (χ0v) is 6.44. The van der Waals surface area contributed by atoms with Crippen molar-refractivity contribution in [2.45, 2.75) is 5.75 Å². The molecule has 0 atom stereocenters. The smallest absolute Gasteiger partial charge is 0.0485 e.